The molecule has 7 heteroatoms. The number of anilines is 2. The van der Waals surface area contributed by atoms with Crippen molar-refractivity contribution in [3.63, 3.8) is 0 Å². The number of aromatic nitrogens is 3. The van der Waals surface area contributed by atoms with E-state index in [1.165, 1.54) is 11.5 Å². The van der Waals surface area contributed by atoms with E-state index in [1.54, 1.807) is 18.3 Å². The van der Waals surface area contributed by atoms with Crippen LogP contribution in [0.1, 0.15) is 11.4 Å². The van der Waals surface area contributed by atoms with Gasteiger partial charge < -0.3 is 11.1 Å². The normalized spacial score (nSPS) is 10.1. The van der Waals surface area contributed by atoms with Gasteiger partial charge in [-0.1, -0.05) is 12.2 Å². The molecule has 2 aromatic rings. The van der Waals surface area contributed by atoms with E-state index in [-0.39, 0.29) is 0 Å². The topological polar surface area (TPSA) is 76.7 Å². The van der Waals surface area contributed by atoms with E-state index in [1.807, 2.05) is 6.92 Å². The van der Waals surface area contributed by atoms with Crippen LogP contribution in [0.2, 0.25) is 0 Å². The molecule has 82 valence electrons. The number of pyridine rings is 1. The van der Waals surface area contributed by atoms with Crippen LogP contribution in [0, 0.1) is 6.92 Å². The van der Waals surface area contributed by atoms with Gasteiger partial charge in [0.15, 0.2) is 0 Å². The van der Waals surface area contributed by atoms with Gasteiger partial charge in [-0.3, -0.25) is 0 Å². The summed E-state index contributed by atoms with van der Waals surface area (Å²) in [5.41, 5.74) is 6.30. The molecule has 5 nitrogen and oxygen atoms in total. The lowest BCUT2D eigenvalue weighted by atomic mass is 10.2. The number of nitrogens with two attached hydrogens (primary N) is 1. The highest BCUT2D eigenvalue weighted by Crippen LogP contribution is 2.16. The van der Waals surface area contributed by atoms with Crippen LogP contribution in [-0.2, 0) is 0 Å². The zero-order valence-electron chi connectivity index (χ0n) is 8.47. The van der Waals surface area contributed by atoms with E-state index in [0.29, 0.717) is 15.9 Å². The quantitative estimate of drug-likeness (QED) is 0.807. The van der Waals surface area contributed by atoms with Gasteiger partial charge in [-0.2, -0.15) is 4.37 Å². The number of thiocarbonyl (C=S) groups is 1. The van der Waals surface area contributed by atoms with Gasteiger partial charge in [0.25, 0.3) is 0 Å². The van der Waals surface area contributed by atoms with Crippen molar-refractivity contribution in [3.8, 4) is 0 Å². The summed E-state index contributed by atoms with van der Waals surface area (Å²) < 4.78 is 4.06. The zero-order chi connectivity index (χ0) is 11.5. The number of nitrogens with zero attached hydrogens (tertiary/aromatic N) is 3. The zero-order valence-corrected chi connectivity index (χ0v) is 10.1. The lowest BCUT2D eigenvalue weighted by Crippen LogP contribution is -2.09. The molecule has 0 aliphatic rings. The molecule has 0 amide bonds. The second-order valence-corrected chi connectivity index (χ2v) is 4.26. The van der Waals surface area contributed by atoms with Crippen LogP contribution < -0.4 is 11.1 Å². The monoisotopic (exact) mass is 251 g/mol. The molecule has 2 rings (SSSR count). The van der Waals surface area contributed by atoms with Gasteiger partial charge in [-0.25, -0.2) is 9.97 Å². The Labute approximate surface area is 102 Å². The molecule has 3 N–H and O–H groups in total. The fraction of sp³-hybridized carbons (Fsp3) is 0.111. The van der Waals surface area contributed by atoms with Crippen molar-refractivity contribution in [2.45, 2.75) is 6.92 Å². The van der Waals surface area contributed by atoms with Crippen LogP contribution in [0.15, 0.2) is 18.3 Å². The van der Waals surface area contributed by atoms with Crippen molar-refractivity contribution < 1.29 is 0 Å². The molecule has 0 bridgehead atoms. The molecule has 0 aliphatic carbocycles. The molecule has 2 heterocycles. The van der Waals surface area contributed by atoms with E-state index < -0.39 is 0 Å². The van der Waals surface area contributed by atoms with Crippen LogP contribution in [0.3, 0.4) is 0 Å². The van der Waals surface area contributed by atoms with E-state index in [2.05, 4.69) is 19.7 Å². The first-order valence-electron chi connectivity index (χ1n) is 4.48. The molecule has 16 heavy (non-hydrogen) atoms. The van der Waals surface area contributed by atoms with Crippen molar-refractivity contribution in [1.29, 1.82) is 0 Å². The molecule has 0 unspecified atom stereocenters. The number of aryl methyl sites for hydroxylation is 1. The third-order valence-corrected chi connectivity index (χ3v) is 2.76. The van der Waals surface area contributed by atoms with Gasteiger partial charge in [0.2, 0.25) is 5.13 Å². The van der Waals surface area contributed by atoms with Gasteiger partial charge in [0.1, 0.15) is 16.6 Å². The molecule has 0 fully saturated rings. The van der Waals surface area contributed by atoms with Crippen LogP contribution in [-0.4, -0.2) is 19.3 Å². The van der Waals surface area contributed by atoms with E-state index >= 15 is 0 Å². The number of rotatable bonds is 3. The Morgan fingerprint density at radius 3 is 3.00 bits per heavy atom. The summed E-state index contributed by atoms with van der Waals surface area (Å²) in [7, 11) is 0. The second kappa shape index (κ2) is 4.50. The summed E-state index contributed by atoms with van der Waals surface area (Å²) in [5, 5.41) is 3.74. The first-order chi connectivity index (χ1) is 7.65. The average molecular weight is 251 g/mol. The maximum Gasteiger partial charge on any atom is 0.208 e. The lowest BCUT2D eigenvalue weighted by Gasteiger charge is -2.02. The van der Waals surface area contributed by atoms with Gasteiger partial charge in [-0.15, -0.1) is 0 Å². The predicted octanol–water partition coefficient (Wildman–Crippen LogP) is 1.62. The van der Waals surface area contributed by atoms with E-state index in [9.17, 15) is 0 Å². The van der Waals surface area contributed by atoms with E-state index in [4.69, 9.17) is 18.0 Å². The van der Waals surface area contributed by atoms with Crippen LogP contribution in [0.25, 0.3) is 0 Å². The predicted molar refractivity (Wildman–Crippen MR) is 68.1 cm³/mol. The number of nitrogens with one attached hydrogen (secondary N) is 1. The molecule has 0 radical (unpaired) electrons. The van der Waals surface area contributed by atoms with Gasteiger partial charge in [0.05, 0.1) is 0 Å². The first-order valence-corrected chi connectivity index (χ1v) is 5.66. The van der Waals surface area contributed by atoms with Crippen molar-refractivity contribution in [2.75, 3.05) is 5.32 Å². The Hall–Kier alpha value is -1.60. The highest BCUT2D eigenvalue weighted by Gasteiger charge is 2.03. The summed E-state index contributed by atoms with van der Waals surface area (Å²) in [4.78, 5) is 8.66. The van der Waals surface area contributed by atoms with Crippen LogP contribution in [0.5, 0.6) is 0 Å². The Kier molecular flexibility index (Phi) is 3.07. The van der Waals surface area contributed by atoms with Crippen LogP contribution in [0.4, 0.5) is 10.9 Å². The van der Waals surface area contributed by atoms with Crippen molar-refractivity contribution in [2.24, 2.45) is 5.73 Å². The molecule has 0 saturated heterocycles. The maximum atomic E-state index is 5.53. The first kappa shape index (κ1) is 10.9. The fourth-order valence-corrected chi connectivity index (χ4v) is 1.82. The summed E-state index contributed by atoms with van der Waals surface area (Å²) >= 11 is 6.17. The Bertz CT molecular complexity index is 522. The van der Waals surface area contributed by atoms with Gasteiger partial charge in [0, 0.05) is 23.3 Å². The summed E-state index contributed by atoms with van der Waals surface area (Å²) in [5.74, 6) is 1.39. The minimum atomic E-state index is 0.346. The molecule has 0 aromatic carbocycles. The molecule has 0 atom stereocenters. The minimum Gasteiger partial charge on any atom is -0.389 e. The largest absolute Gasteiger partial charge is 0.389 e. The number of hydrogen-bond donors (Lipinski definition) is 2. The van der Waals surface area contributed by atoms with Crippen molar-refractivity contribution >= 4 is 39.7 Å². The van der Waals surface area contributed by atoms with Crippen molar-refractivity contribution in [1.82, 2.24) is 14.3 Å². The molecular formula is C9H9N5S2. The van der Waals surface area contributed by atoms with Gasteiger partial charge in [-0.05, 0) is 19.1 Å². The highest BCUT2D eigenvalue weighted by atomic mass is 32.1. The lowest BCUT2D eigenvalue weighted by molar-refractivity contribution is 1.16. The summed E-state index contributed by atoms with van der Waals surface area (Å²) in [6.45, 7) is 1.83. The average Bonchev–Trinajstić information content (AvgIpc) is 2.64. The molecule has 0 saturated carbocycles. The molecule has 0 spiro atoms. The Balaban J connectivity index is 2.21. The molecule has 0 aliphatic heterocycles. The SMILES string of the molecule is Cc1nsc(Nc2cc(C(N)=S)ccn2)n1. The fourth-order valence-electron chi connectivity index (χ4n) is 1.11. The van der Waals surface area contributed by atoms with Gasteiger partial charge >= 0.3 is 0 Å². The third-order valence-electron chi connectivity index (χ3n) is 1.81. The molecule has 2 aromatic heterocycles. The highest BCUT2D eigenvalue weighted by molar-refractivity contribution is 7.80. The maximum absolute atomic E-state index is 5.53. The van der Waals surface area contributed by atoms with E-state index in [0.717, 1.165) is 11.4 Å². The summed E-state index contributed by atoms with van der Waals surface area (Å²) in [6.07, 6.45) is 1.64. The summed E-state index contributed by atoms with van der Waals surface area (Å²) in [6, 6.07) is 3.54. The second-order valence-electron chi connectivity index (χ2n) is 3.07. The Morgan fingerprint density at radius 2 is 2.38 bits per heavy atom. The molecular weight excluding hydrogens is 242 g/mol. The Morgan fingerprint density at radius 1 is 1.56 bits per heavy atom. The minimum absolute atomic E-state index is 0.346. The third kappa shape index (κ3) is 2.50. The standard InChI is InChI=1S/C9H9N5S2/c1-5-12-9(16-14-5)13-7-4-6(8(10)15)2-3-11-7/h2-4H,1H3,(H2,10,15)(H,11,12,13,14). The smallest absolute Gasteiger partial charge is 0.208 e. The number of hydrogen-bond acceptors (Lipinski definition) is 6. The van der Waals surface area contributed by atoms with Crippen molar-refractivity contribution in [3.05, 3.63) is 29.7 Å². The van der Waals surface area contributed by atoms with Crippen LogP contribution >= 0.6 is 23.8 Å².